The molecular formula is C16H32. The summed E-state index contributed by atoms with van der Waals surface area (Å²) in [5.74, 6) is 0. The van der Waals surface area contributed by atoms with Crippen LogP contribution in [0, 0.1) is 0 Å². The molecule has 0 heterocycles. The van der Waals surface area contributed by atoms with Crippen LogP contribution >= 0.6 is 0 Å². The Morgan fingerprint density at radius 1 is 0.750 bits per heavy atom. The Labute approximate surface area is 104 Å². The molecule has 16 heavy (non-hydrogen) atoms. The smallest absolute Gasteiger partial charge is 0.0326 e. The molecule has 0 atom stereocenters. The zero-order valence-electron chi connectivity index (χ0n) is 11.9. The van der Waals surface area contributed by atoms with Gasteiger partial charge in [0.05, 0.1) is 0 Å². The third-order valence-corrected chi connectivity index (χ3v) is 3.19. The molecule has 0 nitrogen and oxygen atoms in total. The van der Waals surface area contributed by atoms with Crippen molar-refractivity contribution >= 4 is 0 Å². The minimum atomic E-state index is 1.29. The maximum absolute atomic E-state index is 2.45. The standard InChI is InChI=1S/C16H32/c1-4-6-7-8-9-10-11-12-13-15-16(3)14-5-2/h15H,4-14H2,1-3H3. The molecule has 0 bridgehead atoms. The Kier molecular flexibility index (Phi) is 12.6. The molecule has 0 unspecified atom stereocenters. The molecule has 0 radical (unpaired) electrons. The first-order valence-corrected chi connectivity index (χ1v) is 7.46. The number of unbranched alkanes of at least 4 members (excludes halogenated alkanes) is 8. The summed E-state index contributed by atoms with van der Waals surface area (Å²) in [6.07, 6.45) is 17.8. The van der Waals surface area contributed by atoms with Gasteiger partial charge in [-0.3, -0.25) is 0 Å². The molecule has 0 aromatic carbocycles. The normalized spacial score (nSPS) is 12.1. The van der Waals surface area contributed by atoms with E-state index in [2.05, 4.69) is 26.8 Å². The van der Waals surface area contributed by atoms with Gasteiger partial charge in [0.25, 0.3) is 0 Å². The number of rotatable bonds is 11. The van der Waals surface area contributed by atoms with E-state index >= 15 is 0 Å². The largest absolute Gasteiger partial charge is 0.0856 e. The van der Waals surface area contributed by atoms with Crippen molar-refractivity contribution in [3.05, 3.63) is 11.6 Å². The van der Waals surface area contributed by atoms with Gasteiger partial charge in [0.15, 0.2) is 0 Å². The summed E-state index contributed by atoms with van der Waals surface area (Å²) in [6.45, 7) is 6.81. The summed E-state index contributed by atoms with van der Waals surface area (Å²) in [4.78, 5) is 0. The van der Waals surface area contributed by atoms with E-state index in [4.69, 9.17) is 0 Å². The lowest BCUT2D eigenvalue weighted by molar-refractivity contribution is 0.577. The van der Waals surface area contributed by atoms with E-state index in [0.29, 0.717) is 0 Å². The summed E-state index contributed by atoms with van der Waals surface area (Å²) in [7, 11) is 0. The third-order valence-electron chi connectivity index (χ3n) is 3.19. The van der Waals surface area contributed by atoms with Gasteiger partial charge in [0, 0.05) is 0 Å². The van der Waals surface area contributed by atoms with E-state index in [1.54, 1.807) is 5.57 Å². The molecule has 0 saturated carbocycles. The van der Waals surface area contributed by atoms with Crippen molar-refractivity contribution in [1.29, 1.82) is 0 Å². The number of allylic oxidation sites excluding steroid dienone is 2. The molecule has 0 N–H and O–H groups in total. The summed E-state index contributed by atoms with van der Waals surface area (Å²) in [5.41, 5.74) is 1.59. The topological polar surface area (TPSA) is 0 Å². The van der Waals surface area contributed by atoms with Crippen molar-refractivity contribution in [1.82, 2.24) is 0 Å². The van der Waals surface area contributed by atoms with Gasteiger partial charge in [-0.25, -0.2) is 0 Å². The van der Waals surface area contributed by atoms with Crippen molar-refractivity contribution in [2.24, 2.45) is 0 Å². The van der Waals surface area contributed by atoms with Crippen LogP contribution in [0.4, 0.5) is 0 Å². The molecule has 0 aromatic heterocycles. The van der Waals surface area contributed by atoms with Crippen molar-refractivity contribution < 1.29 is 0 Å². The Morgan fingerprint density at radius 3 is 1.88 bits per heavy atom. The van der Waals surface area contributed by atoms with E-state index in [1.807, 2.05) is 0 Å². The summed E-state index contributed by atoms with van der Waals surface area (Å²) in [6, 6.07) is 0. The molecule has 0 fully saturated rings. The Morgan fingerprint density at radius 2 is 1.31 bits per heavy atom. The second-order valence-corrected chi connectivity index (χ2v) is 5.06. The maximum atomic E-state index is 2.45. The number of hydrogen-bond donors (Lipinski definition) is 0. The SMILES string of the molecule is CCCCCCCCCCC=C(C)CCC. The van der Waals surface area contributed by atoms with Crippen LogP contribution in [0.5, 0.6) is 0 Å². The Hall–Kier alpha value is -0.260. The Bertz CT molecular complexity index is 155. The van der Waals surface area contributed by atoms with Crippen LogP contribution in [0.15, 0.2) is 11.6 Å². The molecule has 96 valence electrons. The average molecular weight is 224 g/mol. The molecule has 0 aromatic rings. The van der Waals surface area contributed by atoms with E-state index < -0.39 is 0 Å². The van der Waals surface area contributed by atoms with Crippen LogP contribution in [0.3, 0.4) is 0 Å². The average Bonchev–Trinajstić information content (AvgIpc) is 2.27. The molecule has 0 aliphatic rings. The first-order valence-electron chi connectivity index (χ1n) is 7.46. The van der Waals surface area contributed by atoms with Crippen LogP contribution in [0.2, 0.25) is 0 Å². The van der Waals surface area contributed by atoms with Gasteiger partial charge in [-0.2, -0.15) is 0 Å². The van der Waals surface area contributed by atoms with Crippen LogP contribution in [0.25, 0.3) is 0 Å². The lowest BCUT2D eigenvalue weighted by Crippen LogP contribution is -1.81. The van der Waals surface area contributed by atoms with E-state index in [9.17, 15) is 0 Å². The van der Waals surface area contributed by atoms with Crippen LogP contribution in [-0.4, -0.2) is 0 Å². The molecule has 0 heteroatoms. The van der Waals surface area contributed by atoms with Crippen molar-refractivity contribution in [2.75, 3.05) is 0 Å². The minimum absolute atomic E-state index is 1.29. The van der Waals surface area contributed by atoms with Crippen LogP contribution in [0.1, 0.15) is 91.4 Å². The highest BCUT2D eigenvalue weighted by molar-refractivity contribution is 4.97. The fourth-order valence-electron chi connectivity index (χ4n) is 2.12. The summed E-state index contributed by atoms with van der Waals surface area (Å²) >= 11 is 0. The quantitative estimate of drug-likeness (QED) is 0.287. The third kappa shape index (κ3) is 11.8. The zero-order chi connectivity index (χ0) is 12.1. The lowest BCUT2D eigenvalue weighted by Gasteiger charge is -2.01. The van der Waals surface area contributed by atoms with Gasteiger partial charge in [-0.1, -0.05) is 76.9 Å². The first kappa shape index (κ1) is 15.7. The highest BCUT2D eigenvalue weighted by atomic mass is 14.0. The van der Waals surface area contributed by atoms with E-state index in [1.165, 1.54) is 70.6 Å². The monoisotopic (exact) mass is 224 g/mol. The summed E-state index contributed by atoms with van der Waals surface area (Å²) in [5, 5.41) is 0. The Balaban J connectivity index is 3.12. The number of hydrogen-bond acceptors (Lipinski definition) is 0. The van der Waals surface area contributed by atoms with Gasteiger partial charge < -0.3 is 0 Å². The second-order valence-electron chi connectivity index (χ2n) is 5.06. The van der Waals surface area contributed by atoms with Crippen molar-refractivity contribution in [2.45, 2.75) is 91.4 Å². The lowest BCUT2D eigenvalue weighted by atomic mass is 10.1. The predicted octanol–water partition coefficient (Wildman–Crippen LogP) is 6.26. The van der Waals surface area contributed by atoms with Crippen molar-refractivity contribution in [3.8, 4) is 0 Å². The first-order chi connectivity index (χ1) is 7.81. The van der Waals surface area contributed by atoms with Gasteiger partial charge >= 0.3 is 0 Å². The maximum Gasteiger partial charge on any atom is -0.0326 e. The molecule has 0 rings (SSSR count). The van der Waals surface area contributed by atoms with Crippen molar-refractivity contribution in [3.63, 3.8) is 0 Å². The molecule has 0 saturated heterocycles. The minimum Gasteiger partial charge on any atom is -0.0856 e. The van der Waals surface area contributed by atoms with Gasteiger partial charge in [-0.15, -0.1) is 0 Å². The van der Waals surface area contributed by atoms with Crippen LogP contribution < -0.4 is 0 Å². The molecular weight excluding hydrogens is 192 g/mol. The fraction of sp³-hybridized carbons (Fsp3) is 0.875. The second kappa shape index (κ2) is 12.8. The highest BCUT2D eigenvalue weighted by Gasteiger charge is 1.91. The molecule has 0 aliphatic carbocycles. The molecule has 0 spiro atoms. The fourth-order valence-corrected chi connectivity index (χ4v) is 2.12. The predicted molar refractivity (Wildman–Crippen MR) is 75.9 cm³/mol. The van der Waals surface area contributed by atoms with Gasteiger partial charge in [0.1, 0.15) is 0 Å². The summed E-state index contributed by atoms with van der Waals surface area (Å²) < 4.78 is 0. The van der Waals surface area contributed by atoms with Gasteiger partial charge in [0.2, 0.25) is 0 Å². The van der Waals surface area contributed by atoms with E-state index in [0.717, 1.165) is 0 Å². The molecule has 0 amide bonds. The highest BCUT2D eigenvalue weighted by Crippen LogP contribution is 2.11. The zero-order valence-corrected chi connectivity index (χ0v) is 11.9. The van der Waals surface area contributed by atoms with E-state index in [-0.39, 0.29) is 0 Å². The van der Waals surface area contributed by atoms with Gasteiger partial charge in [-0.05, 0) is 26.2 Å². The molecule has 0 aliphatic heterocycles. The van der Waals surface area contributed by atoms with Crippen LogP contribution in [-0.2, 0) is 0 Å².